The van der Waals surface area contributed by atoms with Crippen molar-refractivity contribution in [3.05, 3.63) is 51.9 Å². The van der Waals surface area contributed by atoms with Gasteiger partial charge in [0.25, 0.3) is 0 Å². The number of H-pyrrole nitrogens is 1. The molecule has 3 aromatic rings. The van der Waals surface area contributed by atoms with Crippen LogP contribution in [0.4, 0.5) is 17.6 Å². The van der Waals surface area contributed by atoms with Crippen LogP contribution in [0.15, 0.2) is 34.8 Å². The number of benzene rings is 1. The number of aliphatic imine (C=N–C) groups is 1. The quantitative estimate of drug-likeness (QED) is 0.188. The molecule has 0 aliphatic carbocycles. The lowest BCUT2D eigenvalue weighted by Crippen LogP contribution is -2.39. The zero-order valence-corrected chi connectivity index (χ0v) is 18.6. The topological polar surface area (TPSA) is 65.1 Å². The van der Waals surface area contributed by atoms with Gasteiger partial charge in [0.15, 0.2) is 11.7 Å². The SMILES string of the molecule is CN=C(NCCc1nc(C(F)(F)F)cs1)NCCc1c[nH]c2cc(F)ccc12.I. The summed E-state index contributed by atoms with van der Waals surface area (Å²) in [7, 11) is 1.62. The molecule has 5 nitrogen and oxygen atoms in total. The number of guanidine groups is 1. The number of halogens is 5. The van der Waals surface area contributed by atoms with E-state index in [4.69, 9.17) is 0 Å². The van der Waals surface area contributed by atoms with Crippen molar-refractivity contribution in [2.24, 2.45) is 4.99 Å². The molecule has 0 bridgehead atoms. The molecule has 0 saturated carbocycles. The standard InChI is InChI=1S/C18H19F4N5S.HI/c1-23-17(25-7-5-16-27-15(10-28-16)18(20,21)22)24-6-4-11-9-26-14-8-12(19)2-3-13(11)14;/h2-3,8-10,26H,4-7H2,1H3,(H2,23,24,25);1H. The molecule has 0 aliphatic heterocycles. The Hall–Kier alpha value is -1.89. The molecular weight excluding hydrogens is 521 g/mol. The first-order chi connectivity index (χ1) is 13.4. The Labute approximate surface area is 186 Å². The van der Waals surface area contributed by atoms with E-state index in [9.17, 15) is 17.6 Å². The summed E-state index contributed by atoms with van der Waals surface area (Å²) >= 11 is 0.992. The lowest BCUT2D eigenvalue weighted by atomic mass is 10.1. The predicted molar refractivity (Wildman–Crippen MR) is 118 cm³/mol. The molecule has 0 unspecified atom stereocenters. The van der Waals surface area contributed by atoms with Crippen LogP contribution in [-0.2, 0) is 19.0 Å². The molecule has 2 aromatic heterocycles. The summed E-state index contributed by atoms with van der Waals surface area (Å²) in [5.41, 5.74) is 0.952. The van der Waals surface area contributed by atoms with Crippen molar-refractivity contribution >= 4 is 52.2 Å². The van der Waals surface area contributed by atoms with Gasteiger partial charge in [-0.25, -0.2) is 9.37 Å². The summed E-state index contributed by atoms with van der Waals surface area (Å²) < 4.78 is 50.9. The molecule has 0 fully saturated rings. The second-order valence-electron chi connectivity index (χ2n) is 6.05. The maximum absolute atomic E-state index is 13.2. The largest absolute Gasteiger partial charge is 0.434 e. The maximum atomic E-state index is 13.2. The van der Waals surface area contributed by atoms with E-state index in [2.05, 4.69) is 25.6 Å². The summed E-state index contributed by atoms with van der Waals surface area (Å²) in [6, 6.07) is 4.62. The van der Waals surface area contributed by atoms with Gasteiger partial charge in [0.1, 0.15) is 5.82 Å². The van der Waals surface area contributed by atoms with Crippen molar-refractivity contribution in [1.82, 2.24) is 20.6 Å². The Morgan fingerprint density at radius 1 is 1.21 bits per heavy atom. The number of aromatic nitrogens is 2. The third-order valence-electron chi connectivity index (χ3n) is 4.11. The van der Waals surface area contributed by atoms with Gasteiger partial charge in [-0.15, -0.1) is 35.3 Å². The fourth-order valence-corrected chi connectivity index (χ4v) is 3.55. The minimum Gasteiger partial charge on any atom is -0.361 e. The van der Waals surface area contributed by atoms with Gasteiger partial charge >= 0.3 is 6.18 Å². The van der Waals surface area contributed by atoms with Crippen molar-refractivity contribution in [2.45, 2.75) is 19.0 Å². The molecule has 0 amide bonds. The average Bonchev–Trinajstić information content (AvgIpc) is 3.27. The highest BCUT2D eigenvalue weighted by Gasteiger charge is 2.33. The molecule has 0 aliphatic rings. The second kappa shape index (κ2) is 10.2. The fourth-order valence-electron chi connectivity index (χ4n) is 2.75. The number of hydrogen-bond donors (Lipinski definition) is 3. The first-order valence-corrected chi connectivity index (χ1v) is 9.46. The molecule has 29 heavy (non-hydrogen) atoms. The summed E-state index contributed by atoms with van der Waals surface area (Å²) in [6.45, 7) is 1.01. The highest BCUT2D eigenvalue weighted by atomic mass is 127. The Morgan fingerprint density at radius 2 is 1.93 bits per heavy atom. The van der Waals surface area contributed by atoms with Crippen LogP contribution in [0.2, 0.25) is 0 Å². The van der Waals surface area contributed by atoms with Crippen LogP contribution in [0, 0.1) is 5.82 Å². The lowest BCUT2D eigenvalue weighted by Gasteiger charge is -2.11. The molecule has 0 atom stereocenters. The maximum Gasteiger partial charge on any atom is 0.434 e. The average molecular weight is 541 g/mol. The Balaban J connectivity index is 0.00000300. The lowest BCUT2D eigenvalue weighted by molar-refractivity contribution is -0.140. The van der Waals surface area contributed by atoms with Crippen molar-refractivity contribution < 1.29 is 17.6 Å². The molecule has 11 heteroatoms. The third kappa shape index (κ3) is 6.29. The number of rotatable bonds is 6. The van der Waals surface area contributed by atoms with E-state index < -0.39 is 11.9 Å². The van der Waals surface area contributed by atoms with Crippen LogP contribution in [-0.4, -0.2) is 36.1 Å². The summed E-state index contributed by atoms with van der Waals surface area (Å²) in [5, 5.41) is 8.62. The molecule has 0 saturated heterocycles. The van der Waals surface area contributed by atoms with Crippen molar-refractivity contribution in [1.29, 1.82) is 0 Å². The van der Waals surface area contributed by atoms with E-state index in [1.54, 1.807) is 13.1 Å². The molecule has 0 spiro atoms. The molecule has 0 radical (unpaired) electrons. The van der Waals surface area contributed by atoms with Gasteiger partial charge in [0.05, 0.1) is 5.01 Å². The predicted octanol–water partition coefficient (Wildman–Crippen LogP) is 4.35. The van der Waals surface area contributed by atoms with Gasteiger partial charge in [-0.1, -0.05) is 0 Å². The number of alkyl halides is 3. The first-order valence-electron chi connectivity index (χ1n) is 8.58. The van der Waals surface area contributed by atoms with Gasteiger partial charge in [-0.2, -0.15) is 13.2 Å². The minimum absolute atomic E-state index is 0. The van der Waals surface area contributed by atoms with Gasteiger partial charge < -0.3 is 15.6 Å². The number of nitrogens with zero attached hydrogens (tertiary/aromatic N) is 2. The smallest absolute Gasteiger partial charge is 0.361 e. The van der Waals surface area contributed by atoms with Crippen molar-refractivity contribution in [2.75, 3.05) is 20.1 Å². The van der Waals surface area contributed by atoms with E-state index in [-0.39, 0.29) is 29.8 Å². The van der Waals surface area contributed by atoms with Crippen LogP contribution >= 0.6 is 35.3 Å². The van der Waals surface area contributed by atoms with Gasteiger partial charge in [0, 0.05) is 49.0 Å². The molecule has 1 aromatic carbocycles. The Kier molecular flexibility index (Phi) is 8.25. The summed E-state index contributed by atoms with van der Waals surface area (Å²) in [4.78, 5) is 10.7. The summed E-state index contributed by atoms with van der Waals surface area (Å²) in [5.74, 6) is 0.268. The van der Waals surface area contributed by atoms with Gasteiger partial charge in [-0.3, -0.25) is 4.99 Å². The minimum atomic E-state index is -4.41. The number of hydrogen-bond acceptors (Lipinski definition) is 3. The number of thiazole rings is 1. The third-order valence-corrected chi connectivity index (χ3v) is 5.02. The molecule has 3 N–H and O–H groups in total. The van der Waals surface area contributed by atoms with Crippen LogP contribution in [0.5, 0.6) is 0 Å². The van der Waals surface area contributed by atoms with E-state index in [1.807, 2.05) is 6.20 Å². The van der Waals surface area contributed by atoms with Gasteiger partial charge in [0.2, 0.25) is 0 Å². The molecular formula is C18H20F4IN5S. The van der Waals surface area contributed by atoms with E-state index in [1.165, 1.54) is 12.1 Å². The van der Waals surface area contributed by atoms with Crippen molar-refractivity contribution in [3.8, 4) is 0 Å². The van der Waals surface area contributed by atoms with Gasteiger partial charge in [-0.05, 0) is 30.2 Å². The Bertz CT molecular complexity index is 967. The monoisotopic (exact) mass is 541 g/mol. The molecule has 2 heterocycles. The van der Waals surface area contributed by atoms with Crippen LogP contribution in [0.1, 0.15) is 16.3 Å². The number of aromatic amines is 1. The van der Waals surface area contributed by atoms with Crippen LogP contribution in [0.3, 0.4) is 0 Å². The van der Waals surface area contributed by atoms with E-state index >= 15 is 0 Å². The summed E-state index contributed by atoms with van der Waals surface area (Å²) in [6.07, 6.45) is -1.49. The van der Waals surface area contributed by atoms with Crippen LogP contribution in [0.25, 0.3) is 10.9 Å². The van der Waals surface area contributed by atoms with Crippen molar-refractivity contribution in [3.63, 3.8) is 0 Å². The highest BCUT2D eigenvalue weighted by molar-refractivity contribution is 14.0. The molecule has 158 valence electrons. The Morgan fingerprint density at radius 3 is 2.59 bits per heavy atom. The number of nitrogens with one attached hydrogen (secondary N) is 3. The van der Waals surface area contributed by atoms with E-state index in [0.717, 1.165) is 33.2 Å². The second-order valence-corrected chi connectivity index (χ2v) is 7.00. The fraction of sp³-hybridized carbons (Fsp3) is 0.333. The molecule has 3 rings (SSSR count). The number of fused-ring (bicyclic) bond motifs is 1. The zero-order valence-electron chi connectivity index (χ0n) is 15.4. The van der Waals surface area contributed by atoms with E-state index in [0.29, 0.717) is 36.9 Å². The highest BCUT2D eigenvalue weighted by Crippen LogP contribution is 2.30. The first kappa shape index (κ1) is 23.4. The normalized spacial score (nSPS) is 12.1. The zero-order chi connectivity index (χ0) is 20.1. The van der Waals surface area contributed by atoms with Crippen LogP contribution < -0.4 is 10.6 Å².